The number of hydrogen-bond donors (Lipinski definition) is 3. The highest BCUT2D eigenvalue weighted by Crippen LogP contribution is 2.26. The molecular weight excluding hydrogens is 258 g/mol. The van der Waals surface area contributed by atoms with E-state index in [0.717, 1.165) is 25.7 Å². The van der Waals surface area contributed by atoms with Gasteiger partial charge < -0.3 is 16.4 Å². The Labute approximate surface area is 120 Å². The van der Waals surface area contributed by atoms with Gasteiger partial charge in [-0.2, -0.15) is 0 Å². The van der Waals surface area contributed by atoms with E-state index in [-0.39, 0.29) is 12.1 Å². The Balaban J connectivity index is 1.84. The molecule has 0 heterocycles. The molecule has 2 aliphatic rings. The zero-order chi connectivity index (χ0) is 13.7. The van der Waals surface area contributed by atoms with Gasteiger partial charge in [0.05, 0.1) is 11.0 Å². The van der Waals surface area contributed by atoms with Crippen molar-refractivity contribution in [3.05, 3.63) is 0 Å². The summed E-state index contributed by atoms with van der Waals surface area (Å²) < 4.78 is 0. The minimum absolute atomic E-state index is 0.102. The molecule has 19 heavy (non-hydrogen) atoms. The van der Waals surface area contributed by atoms with Gasteiger partial charge >= 0.3 is 6.03 Å². The number of carbonyl (C=O) groups excluding carboxylic acids is 1. The number of amides is 2. The second-order valence-corrected chi connectivity index (χ2v) is 6.35. The second kappa shape index (κ2) is 7.08. The smallest absolute Gasteiger partial charge is 0.315 e. The molecule has 2 aliphatic carbocycles. The zero-order valence-electron chi connectivity index (χ0n) is 11.5. The Hall–Kier alpha value is -0.840. The summed E-state index contributed by atoms with van der Waals surface area (Å²) in [5.41, 5.74) is 5.81. The number of carbonyl (C=O) groups is 1. The fourth-order valence-corrected chi connectivity index (χ4v) is 3.58. The topological polar surface area (TPSA) is 67.1 Å². The number of nitrogens with two attached hydrogens (primary N) is 1. The van der Waals surface area contributed by atoms with Crippen LogP contribution in [-0.4, -0.2) is 23.1 Å². The fraction of sp³-hybridized carbons (Fsp3) is 0.857. The maximum atomic E-state index is 12.0. The molecule has 2 fully saturated rings. The van der Waals surface area contributed by atoms with Gasteiger partial charge in [-0.3, -0.25) is 0 Å². The molecular formula is C14H25N3OS. The lowest BCUT2D eigenvalue weighted by Crippen LogP contribution is -2.53. The average Bonchev–Trinajstić information content (AvgIpc) is 2.89. The molecule has 0 aliphatic heterocycles. The Morgan fingerprint density at radius 2 is 1.63 bits per heavy atom. The largest absolute Gasteiger partial charge is 0.392 e. The highest BCUT2D eigenvalue weighted by molar-refractivity contribution is 7.80. The summed E-state index contributed by atoms with van der Waals surface area (Å²) in [5, 5.41) is 6.03. The predicted octanol–water partition coefficient (Wildman–Crippen LogP) is 2.46. The predicted molar refractivity (Wildman–Crippen MR) is 81.1 cm³/mol. The van der Waals surface area contributed by atoms with Gasteiger partial charge in [0.15, 0.2) is 0 Å². The molecule has 2 saturated carbocycles. The van der Waals surface area contributed by atoms with Crippen molar-refractivity contribution in [3.63, 3.8) is 0 Å². The second-order valence-electron chi connectivity index (χ2n) is 5.88. The number of rotatable bonds is 4. The van der Waals surface area contributed by atoms with Crippen LogP contribution in [0.1, 0.15) is 57.8 Å². The van der Waals surface area contributed by atoms with Crippen molar-refractivity contribution in [2.45, 2.75) is 69.9 Å². The van der Waals surface area contributed by atoms with Crippen molar-refractivity contribution >= 4 is 23.2 Å². The van der Waals surface area contributed by atoms with Gasteiger partial charge in [0.2, 0.25) is 0 Å². The first-order valence-corrected chi connectivity index (χ1v) is 7.94. The van der Waals surface area contributed by atoms with Crippen LogP contribution in [0.5, 0.6) is 0 Å². The average molecular weight is 283 g/mol. The van der Waals surface area contributed by atoms with Gasteiger partial charge in [0, 0.05) is 6.04 Å². The van der Waals surface area contributed by atoms with Crippen LogP contribution in [0.25, 0.3) is 0 Å². The first kappa shape index (κ1) is 14.6. The molecule has 4 nitrogen and oxygen atoms in total. The Kier molecular flexibility index (Phi) is 5.43. The third kappa shape index (κ3) is 4.34. The van der Waals surface area contributed by atoms with E-state index in [2.05, 4.69) is 10.6 Å². The van der Waals surface area contributed by atoms with Gasteiger partial charge in [-0.25, -0.2) is 4.79 Å². The number of nitrogens with one attached hydrogen (secondary N) is 2. The summed E-state index contributed by atoms with van der Waals surface area (Å²) in [5.74, 6) is 0.417. The van der Waals surface area contributed by atoms with E-state index in [9.17, 15) is 4.79 Å². The molecule has 5 heteroatoms. The van der Waals surface area contributed by atoms with Crippen molar-refractivity contribution < 1.29 is 4.79 Å². The molecule has 2 amide bonds. The number of hydrogen-bond acceptors (Lipinski definition) is 2. The van der Waals surface area contributed by atoms with Crippen molar-refractivity contribution in [2.75, 3.05) is 0 Å². The van der Waals surface area contributed by atoms with E-state index in [1.165, 1.54) is 32.1 Å². The summed E-state index contributed by atoms with van der Waals surface area (Å²) in [7, 11) is 0. The van der Waals surface area contributed by atoms with Crippen molar-refractivity contribution in [3.8, 4) is 0 Å². The highest BCUT2D eigenvalue weighted by atomic mass is 32.1. The summed E-state index contributed by atoms with van der Waals surface area (Å²) in [6.07, 6.45) is 10.6. The summed E-state index contributed by atoms with van der Waals surface area (Å²) in [4.78, 5) is 12.4. The molecule has 0 radical (unpaired) electrons. The van der Waals surface area contributed by atoms with E-state index in [0.29, 0.717) is 16.9 Å². The molecule has 0 bridgehead atoms. The van der Waals surface area contributed by atoms with Crippen LogP contribution in [-0.2, 0) is 0 Å². The SMILES string of the molecule is NC(=S)C(NC(=O)NC1CCCC1)C1CCCCC1. The quantitative estimate of drug-likeness (QED) is 0.694. The van der Waals surface area contributed by atoms with Crippen LogP contribution < -0.4 is 16.4 Å². The fourth-order valence-electron chi connectivity index (χ4n) is 3.33. The molecule has 0 saturated heterocycles. The highest BCUT2D eigenvalue weighted by Gasteiger charge is 2.28. The molecule has 0 aromatic heterocycles. The Bertz CT molecular complexity index is 323. The van der Waals surface area contributed by atoms with Crippen LogP contribution in [0, 0.1) is 5.92 Å². The lowest BCUT2D eigenvalue weighted by molar-refractivity contribution is 0.228. The van der Waals surface area contributed by atoms with Gasteiger partial charge in [0.1, 0.15) is 0 Å². The van der Waals surface area contributed by atoms with Gasteiger partial charge in [-0.05, 0) is 31.6 Å². The first-order chi connectivity index (χ1) is 9.16. The van der Waals surface area contributed by atoms with Gasteiger partial charge in [-0.15, -0.1) is 0 Å². The monoisotopic (exact) mass is 283 g/mol. The standard InChI is InChI=1S/C14H25N3OS/c15-13(19)12(10-6-2-1-3-7-10)17-14(18)16-11-8-4-5-9-11/h10-12H,1-9H2,(H2,15,19)(H2,16,17,18). The van der Waals surface area contributed by atoms with E-state index < -0.39 is 0 Å². The van der Waals surface area contributed by atoms with Crippen LogP contribution in [0.4, 0.5) is 4.79 Å². The van der Waals surface area contributed by atoms with Crippen LogP contribution in [0.2, 0.25) is 0 Å². The molecule has 108 valence electrons. The summed E-state index contributed by atoms with van der Waals surface area (Å²) >= 11 is 5.13. The summed E-state index contributed by atoms with van der Waals surface area (Å²) in [6.45, 7) is 0. The molecule has 1 atom stereocenters. The maximum Gasteiger partial charge on any atom is 0.315 e. The van der Waals surface area contributed by atoms with E-state index in [1.807, 2.05) is 0 Å². The molecule has 4 N–H and O–H groups in total. The third-order valence-electron chi connectivity index (χ3n) is 4.40. The van der Waals surface area contributed by atoms with Gasteiger partial charge in [0.25, 0.3) is 0 Å². The first-order valence-electron chi connectivity index (χ1n) is 7.53. The Morgan fingerprint density at radius 3 is 2.21 bits per heavy atom. The molecule has 2 rings (SSSR count). The van der Waals surface area contributed by atoms with Crippen molar-refractivity contribution in [2.24, 2.45) is 11.7 Å². The van der Waals surface area contributed by atoms with E-state index >= 15 is 0 Å². The number of urea groups is 1. The molecule has 0 aromatic carbocycles. The number of thiocarbonyl (C=S) groups is 1. The van der Waals surface area contributed by atoms with Crippen LogP contribution >= 0.6 is 12.2 Å². The van der Waals surface area contributed by atoms with Crippen molar-refractivity contribution in [1.82, 2.24) is 10.6 Å². The lowest BCUT2D eigenvalue weighted by atomic mass is 9.84. The van der Waals surface area contributed by atoms with E-state index in [1.54, 1.807) is 0 Å². The molecule has 0 aromatic rings. The van der Waals surface area contributed by atoms with Crippen molar-refractivity contribution in [1.29, 1.82) is 0 Å². The molecule has 1 unspecified atom stereocenters. The normalized spacial score (nSPS) is 22.9. The van der Waals surface area contributed by atoms with Gasteiger partial charge in [-0.1, -0.05) is 44.3 Å². The molecule has 0 spiro atoms. The summed E-state index contributed by atoms with van der Waals surface area (Å²) in [6, 6.07) is 0.0883. The van der Waals surface area contributed by atoms with E-state index in [4.69, 9.17) is 18.0 Å². The third-order valence-corrected chi connectivity index (χ3v) is 4.66. The lowest BCUT2D eigenvalue weighted by Gasteiger charge is -2.30. The van der Waals surface area contributed by atoms with Crippen LogP contribution in [0.15, 0.2) is 0 Å². The Morgan fingerprint density at radius 1 is 1.05 bits per heavy atom. The maximum absolute atomic E-state index is 12.0. The van der Waals surface area contributed by atoms with Crippen LogP contribution in [0.3, 0.4) is 0 Å². The minimum atomic E-state index is -0.142. The minimum Gasteiger partial charge on any atom is -0.392 e. The zero-order valence-corrected chi connectivity index (χ0v) is 12.3.